The van der Waals surface area contributed by atoms with E-state index in [0.717, 1.165) is 12.0 Å². The highest BCUT2D eigenvalue weighted by atomic mass is 35.5. The summed E-state index contributed by atoms with van der Waals surface area (Å²) in [5, 5.41) is 0. The average molecular weight is 241 g/mol. The lowest BCUT2D eigenvalue weighted by Crippen LogP contribution is -2.02. The zero-order valence-corrected chi connectivity index (χ0v) is 10.3. The van der Waals surface area contributed by atoms with Crippen molar-refractivity contribution in [3.8, 4) is 0 Å². The summed E-state index contributed by atoms with van der Waals surface area (Å²) < 4.78 is -0.820. The van der Waals surface area contributed by atoms with Crippen molar-refractivity contribution in [2.75, 3.05) is 0 Å². The molecule has 0 radical (unpaired) electrons. The summed E-state index contributed by atoms with van der Waals surface area (Å²) in [7, 11) is 0. The molecule has 2 rings (SSSR count). The van der Waals surface area contributed by atoms with Crippen LogP contribution in [0.4, 0.5) is 0 Å². The van der Waals surface area contributed by atoms with Crippen molar-refractivity contribution in [1.82, 2.24) is 0 Å². The average Bonchev–Trinajstić information content (AvgIpc) is 2.49. The molecular weight excluding hydrogens is 227 g/mol. The van der Waals surface area contributed by atoms with Gasteiger partial charge in [-0.2, -0.15) is 0 Å². The Morgan fingerprint density at radius 2 is 1.93 bits per heavy atom. The third-order valence-corrected chi connectivity index (χ3v) is 3.41. The summed E-state index contributed by atoms with van der Waals surface area (Å²) in [4.78, 5) is 0. The van der Waals surface area contributed by atoms with Gasteiger partial charge in [-0.25, -0.2) is 0 Å². The predicted octanol–water partition coefficient (Wildman–Crippen LogP) is 4.90. The monoisotopic (exact) mass is 240 g/mol. The molecule has 0 bridgehead atoms. The zero-order chi connectivity index (χ0) is 10.9. The minimum atomic E-state index is -0.820. The molecule has 0 spiro atoms. The first-order valence-electron chi connectivity index (χ1n) is 5.34. The molecule has 0 amide bonds. The molecule has 0 saturated carbocycles. The second kappa shape index (κ2) is 4.19. The Kier molecular flexibility index (Phi) is 3.08. The van der Waals surface area contributed by atoms with Crippen molar-refractivity contribution in [2.24, 2.45) is 0 Å². The molecule has 1 aliphatic rings. The van der Waals surface area contributed by atoms with E-state index in [1.54, 1.807) is 0 Å². The Labute approximate surface area is 101 Å². The molecule has 1 aromatic rings. The van der Waals surface area contributed by atoms with Gasteiger partial charge in [-0.15, -0.1) is 0 Å². The number of fused-ring (bicyclic) bond motifs is 1. The Morgan fingerprint density at radius 1 is 1.20 bits per heavy atom. The van der Waals surface area contributed by atoms with Gasteiger partial charge in [0.1, 0.15) is 0 Å². The van der Waals surface area contributed by atoms with E-state index < -0.39 is 4.33 Å². The maximum absolute atomic E-state index is 6.26. The standard InChI is InChI=1S/C13H14Cl2/c1-2-3-6-10-9-13(14,15)12-8-5-4-7-11(10)12/h4-5,7-9H,2-3,6H2,1H3. The molecule has 0 fully saturated rings. The first-order valence-corrected chi connectivity index (χ1v) is 6.10. The van der Waals surface area contributed by atoms with Gasteiger partial charge >= 0.3 is 0 Å². The van der Waals surface area contributed by atoms with Gasteiger partial charge in [0.2, 0.25) is 0 Å². The van der Waals surface area contributed by atoms with Gasteiger partial charge in [0.25, 0.3) is 0 Å². The second-order valence-corrected chi connectivity index (χ2v) is 5.33. The minimum absolute atomic E-state index is 0.820. The summed E-state index contributed by atoms with van der Waals surface area (Å²) in [5.74, 6) is 0. The van der Waals surface area contributed by atoms with Crippen molar-refractivity contribution in [1.29, 1.82) is 0 Å². The molecule has 0 atom stereocenters. The number of benzene rings is 1. The van der Waals surface area contributed by atoms with Crippen molar-refractivity contribution >= 4 is 28.8 Å². The SMILES string of the molecule is CCCCC1=CC(Cl)(Cl)c2ccccc21. The highest BCUT2D eigenvalue weighted by Gasteiger charge is 2.33. The van der Waals surface area contributed by atoms with Gasteiger partial charge in [0.15, 0.2) is 4.33 Å². The molecule has 0 aliphatic heterocycles. The molecule has 0 nitrogen and oxygen atoms in total. The van der Waals surface area contributed by atoms with E-state index in [2.05, 4.69) is 13.0 Å². The van der Waals surface area contributed by atoms with Crippen molar-refractivity contribution in [3.63, 3.8) is 0 Å². The fourth-order valence-corrected chi connectivity index (χ4v) is 2.60. The Hall–Kier alpha value is -0.460. The first-order chi connectivity index (χ1) is 7.15. The molecule has 80 valence electrons. The highest BCUT2D eigenvalue weighted by Crippen LogP contribution is 2.47. The highest BCUT2D eigenvalue weighted by molar-refractivity contribution is 6.50. The molecule has 0 N–H and O–H groups in total. The maximum atomic E-state index is 6.26. The smallest absolute Gasteiger partial charge is 0.0915 e. The molecule has 2 heteroatoms. The van der Waals surface area contributed by atoms with E-state index in [-0.39, 0.29) is 0 Å². The molecule has 1 aliphatic carbocycles. The van der Waals surface area contributed by atoms with Gasteiger partial charge in [0.05, 0.1) is 0 Å². The predicted molar refractivity (Wildman–Crippen MR) is 67.3 cm³/mol. The number of halogens is 2. The number of alkyl halides is 2. The van der Waals surface area contributed by atoms with Crippen LogP contribution in [0.5, 0.6) is 0 Å². The molecule has 0 saturated heterocycles. The molecule has 0 heterocycles. The number of rotatable bonds is 3. The lowest BCUT2D eigenvalue weighted by atomic mass is 10.0. The summed E-state index contributed by atoms with van der Waals surface area (Å²) in [6.45, 7) is 2.19. The van der Waals surface area contributed by atoms with Gasteiger partial charge < -0.3 is 0 Å². The lowest BCUT2D eigenvalue weighted by Gasteiger charge is -2.11. The van der Waals surface area contributed by atoms with Crippen LogP contribution >= 0.6 is 23.2 Å². The Balaban J connectivity index is 2.35. The van der Waals surface area contributed by atoms with Gasteiger partial charge in [0, 0.05) is 0 Å². The third kappa shape index (κ3) is 2.07. The lowest BCUT2D eigenvalue weighted by molar-refractivity contribution is 0.825. The molecular formula is C13H14Cl2. The van der Waals surface area contributed by atoms with Crippen LogP contribution in [0.15, 0.2) is 30.3 Å². The van der Waals surface area contributed by atoms with Gasteiger partial charge in [-0.3, -0.25) is 0 Å². The molecule has 1 aromatic carbocycles. The Bertz CT molecular complexity index is 391. The first kappa shape index (κ1) is 11.0. The van der Waals surface area contributed by atoms with Crippen molar-refractivity contribution in [3.05, 3.63) is 41.5 Å². The Morgan fingerprint density at radius 3 is 2.67 bits per heavy atom. The summed E-state index contributed by atoms with van der Waals surface area (Å²) in [6, 6.07) is 8.12. The number of allylic oxidation sites excluding steroid dienone is 2. The molecule has 15 heavy (non-hydrogen) atoms. The van der Waals surface area contributed by atoms with Crippen LogP contribution in [0.2, 0.25) is 0 Å². The van der Waals surface area contributed by atoms with E-state index in [1.807, 2.05) is 24.3 Å². The van der Waals surface area contributed by atoms with Gasteiger partial charge in [-0.05, 0) is 35.6 Å². The summed E-state index contributed by atoms with van der Waals surface area (Å²) in [5.41, 5.74) is 3.54. The van der Waals surface area contributed by atoms with Gasteiger partial charge in [-0.1, -0.05) is 60.8 Å². The molecule has 0 unspecified atom stereocenters. The van der Waals surface area contributed by atoms with E-state index in [4.69, 9.17) is 23.2 Å². The van der Waals surface area contributed by atoms with Crippen molar-refractivity contribution in [2.45, 2.75) is 30.5 Å². The fraction of sp³-hybridized carbons (Fsp3) is 0.385. The van der Waals surface area contributed by atoms with Crippen LogP contribution in [-0.4, -0.2) is 0 Å². The van der Waals surface area contributed by atoms with Crippen LogP contribution < -0.4 is 0 Å². The van der Waals surface area contributed by atoms with Crippen LogP contribution in [0.3, 0.4) is 0 Å². The van der Waals surface area contributed by atoms with E-state index in [0.29, 0.717) is 0 Å². The number of hydrogen-bond donors (Lipinski definition) is 0. The number of hydrogen-bond acceptors (Lipinski definition) is 0. The van der Waals surface area contributed by atoms with Crippen LogP contribution in [0, 0.1) is 0 Å². The minimum Gasteiger partial charge on any atom is -0.0915 e. The third-order valence-electron chi connectivity index (χ3n) is 2.79. The maximum Gasteiger partial charge on any atom is 0.162 e. The summed E-state index contributed by atoms with van der Waals surface area (Å²) >= 11 is 12.5. The molecule has 0 aromatic heterocycles. The van der Waals surface area contributed by atoms with E-state index in [9.17, 15) is 0 Å². The second-order valence-electron chi connectivity index (χ2n) is 3.94. The largest absolute Gasteiger partial charge is 0.162 e. The zero-order valence-electron chi connectivity index (χ0n) is 8.76. The van der Waals surface area contributed by atoms with Crippen molar-refractivity contribution < 1.29 is 0 Å². The quantitative estimate of drug-likeness (QED) is 0.660. The van der Waals surface area contributed by atoms with Crippen LogP contribution in [0.1, 0.15) is 37.3 Å². The topological polar surface area (TPSA) is 0 Å². The van der Waals surface area contributed by atoms with E-state index >= 15 is 0 Å². The van der Waals surface area contributed by atoms with Crippen LogP contribution in [0.25, 0.3) is 5.57 Å². The number of unbranched alkanes of at least 4 members (excludes halogenated alkanes) is 1. The normalized spacial score (nSPS) is 17.4. The van der Waals surface area contributed by atoms with Crippen LogP contribution in [-0.2, 0) is 4.33 Å². The summed E-state index contributed by atoms with van der Waals surface area (Å²) in [6.07, 6.45) is 5.42. The fourth-order valence-electron chi connectivity index (χ4n) is 2.00. The van der Waals surface area contributed by atoms with E-state index in [1.165, 1.54) is 24.0 Å².